The maximum absolute atomic E-state index is 13.2. The minimum atomic E-state index is -1.04. The predicted molar refractivity (Wildman–Crippen MR) is 93.7 cm³/mol. The average Bonchev–Trinajstić information content (AvgIpc) is 2.78. The second kappa shape index (κ2) is 6.42. The smallest absolute Gasteiger partial charge is 0.326 e. The summed E-state index contributed by atoms with van der Waals surface area (Å²) in [4.78, 5) is 52.8. The number of carbonyl (C=O) groups is 4. The van der Waals surface area contributed by atoms with Crippen molar-refractivity contribution in [1.29, 1.82) is 0 Å². The van der Waals surface area contributed by atoms with Gasteiger partial charge in [-0.2, -0.15) is 0 Å². The number of carboxylic acids is 1. The number of piperidine rings is 1. The zero-order valence-electron chi connectivity index (χ0n) is 14.0. The van der Waals surface area contributed by atoms with Gasteiger partial charge in [-0.15, -0.1) is 11.8 Å². The third-order valence-corrected chi connectivity index (χ3v) is 6.56. The summed E-state index contributed by atoms with van der Waals surface area (Å²) in [5, 5.41) is 9.32. The molecule has 3 unspecified atom stereocenters. The van der Waals surface area contributed by atoms with Crippen LogP contribution in [0.5, 0.6) is 0 Å². The van der Waals surface area contributed by atoms with Crippen LogP contribution in [-0.4, -0.2) is 61.8 Å². The van der Waals surface area contributed by atoms with E-state index in [2.05, 4.69) is 0 Å². The van der Waals surface area contributed by atoms with E-state index in [1.165, 1.54) is 16.7 Å². The summed E-state index contributed by atoms with van der Waals surface area (Å²) in [5.41, 5.74) is 0.597. The molecule has 0 bridgehead atoms. The highest BCUT2D eigenvalue weighted by Crippen LogP contribution is 2.37. The van der Waals surface area contributed by atoms with E-state index in [4.69, 9.17) is 0 Å². The van der Waals surface area contributed by atoms with E-state index in [0.717, 1.165) is 17.7 Å². The molecule has 3 aliphatic heterocycles. The number of thioether (sulfide) groups is 1. The monoisotopic (exact) mass is 374 g/mol. The third-order valence-electron chi connectivity index (χ3n) is 5.24. The maximum Gasteiger partial charge on any atom is 0.326 e. The molecule has 3 atom stereocenters. The number of amides is 3. The molecular weight excluding hydrogens is 356 g/mol. The van der Waals surface area contributed by atoms with Crippen LogP contribution < -0.4 is 0 Å². The van der Waals surface area contributed by atoms with Crippen LogP contribution in [0.2, 0.25) is 0 Å². The molecule has 4 rings (SSSR count). The molecule has 0 aliphatic carbocycles. The lowest BCUT2D eigenvalue weighted by Gasteiger charge is -2.40. The van der Waals surface area contributed by atoms with Gasteiger partial charge >= 0.3 is 5.97 Å². The number of carbonyl (C=O) groups excluding carboxylic acids is 3. The molecule has 3 amide bonds. The summed E-state index contributed by atoms with van der Waals surface area (Å²) in [7, 11) is 0. The van der Waals surface area contributed by atoms with Crippen LogP contribution >= 0.6 is 11.8 Å². The van der Waals surface area contributed by atoms with Gasteiger partial charge in [0.15, 0.2) is 0 Å². The van der Waals surface area contributed by atoms with Gasteiger partial charge < -0.3 is 10.0 Å². The first-order chi connectivity index (χ1) is 12.5. The fourth-order valence-corrected chi connectivity index (χ4v) is 5.38. The maximum atomic E-state index is 13.2. The van der Waals surface area contributed by atoms with E-state index in [0.29, 0.717) is 29.7 Å². The lowest BCUT2D eigenvalue weighted by atomic mass is 10.00. The molecule has 8 heteroatoms. The summed E-state index contributed by atoms with van der Waals surface area (Å²) >= 11 is 1.53. The largest absolute Gasteiger partial charge is 0.480 e. The third kappa shape index (κ3) is 2.51. The molecule has 0 aromatic heterocycles. The van der Waals surface area contributed by atoms with Crippen molar-refractivity contribution in [2.24, 2.45) is 0 Å². The quantitative estimate of drug-likeness (QED) is 0.790. The van der Waals surface area contributed by atoms with Gasteiger partial charge in [-0.3, -0.25) is 19.3 Å². The Morgan fingerprint density at radius 2 is 1.69 bits per heavy atom. The highest BCUT2D eigenvalue weighted by molar-refractivity contribution is 7.99. The van der Waals surface area contributed by atoms with Crippen molar-refractivity contribution in [2.75, 3.05) is 5.75 Å². The fraction of sp³-hybridized carbons (Fsp3) is 0.444. The van der Waals surface area contributed by atoms with Crippen molar-refractivity contribution in [2.45, 2.75) is 43.1 Å². The highest BCUT2D eigenvalue weighted by Gasteiger charge is 2.49. The number of hydrogen-bond acceptors (Lipinski definition) is 5. The van der Waals surface area contributed by atoms with Crippen LogP contribution in [0, 0.1) is 0 Å². The molecule has 1 N–H and O–H groups in total. The van der Waals surface area contributed by atoms with Crippen LogP contribution in [0.25, 0.3) is 0 Å². The number of nitrogens with zero attached hydrogens (tertiary/aromatic N) is 2. The number of benzene rings is 1. The molecule has 3 aliphatic rings. The molecule has 3 heterocycles. The molecule has 136 valence electrons. The lowest BCUT2D eigenvalue weighted by molar-refractivity contribution is -0.154. The summed E-state index contributed by atoms with van der Waals surface area (Å²) in [6.45, 7) is 0. The van der Waals surface area contributed by atoms with E-state index in [-0.39, 0.29) is 5.37 Å². The highest BCUT2D eigenvalue weighted by atomic mass is 32.2. The normalized spacial score (nSPS) is 28.6. The first kappa shape index (κ1) is 17.1. The molecule has 1 aromatic carbocycles. The van der Waals surface area contributed by atoms with Crippen molar-refractivity contribution in [3.8, 4) is 0 Å². The Kier molecular flexibility index (Phi) is 4.22. The van der Waals surface area contributed by atoms with E-state index in [1.807, 2.05) is 0 Å². The van der Waals surface area contributed by atoms with Crippen LogP contribution in [0.1, 0.15) is 46.4 Å². The SMILES string of the molecule is O=C(O)C1CCCC2SCCC(N3C(=O)c4ccccc4C3=O)C(=O)N21. The minimum absolute atomic E-state index is 0.211. The van der Waals surface area contributed by atoms with Crippen molar-refractivity contribution in [1.82, 2.24) is 9.80 Å². The van der Waals surface area contributed by atoms with Gasteiger partial charge in [0.05, 0.1) is 16.5 Å². The number of carboxylic acid groups (broad SMARTS) is 1. The van der Waals surface area contributed by atoms with Crippen LogP contribution in [0.4, 0.5) is 0 Å². The first-order valence-corrected chi connectivity index (χ1v) is 9.69. The van der Waals surface area contributed by atoms with Crippen LogP contribution in [-0.2, 0) is 9.59 Å². The van der Waals surface area contributed by atoms with Gasteiger partial charge in [-0.1, -0.05) is 12.1 Å². The van der Waals surface area contributed by atoms with Gasteiger partial charge in [0, 0.05) is 0 Å². The first-order valence-electron chi connectivity index (χ1n) is 8.64. The van der Waals surface area contributed by atoms with Crippen LogP contribution in [0.15, 0.2) is 24.3 Å². The van der Waals surface area contributed by atoms with E-state index >= 15 is 0 Å². The van der Waals surface area contributed by atoms with Gasteiger partial charge in [0.1, 0.15) is 12.1 Å². The zero-order chi connectivity index (χ0) is 18.4. The van der Waals surface area contributed by atoms with Gasteiger partial charge in [-0.25, -0.2) is 4.79 Å². The number of hydrogen-bond donors (Lipinski definition) is 1. The topological polar surface area (TPSA) is 95.0 Å². The van der Waals surface area contributed by atoms with Crippen molar-refractivity contribution in [3.63, 3.8) is 0 Å². The summed E-state index contributed by atoms with van der Waals surface area (Å²) in [6, 6.07) is 4.67. The molecule has 1 aromatic rings. The molecule has 0 spiro atoms. The second-order valence-electron chi connectivity index (χ2n) is 6.69. The van der Waals surface area contributed by atoms with E-state index in [9.17, 15) is 24.3 Å². The molecule has 0 radical (unpaired) electrons. The van der Waals surface area contributed by atoms with Crippen LogP contribution in [0.3, 0.4) is 0 Å². The Morgan fingerprint density at radius 3 is 2.31 bits per heavy atom. The minimum Gasteiger partial charge on any atom is -0.480 e. The van der Waals surface area contributed by atoms with Gasteiger partial charge in [-0.05, 0) is 43.6 Å². The van der Waals surface area contributed by atoms with Gasteiger partial charge in [0.2, 0.25) is 5.91 Å². The Labute approximate surface area is 154 Å². The molecule has 2 saturated heterocycles. The lowest BCUT2D eigenvalue weighted by Crippen LogP contribution is -2.58. The average molecular weight is 374 g/mol. The number of imide groups is 1. The molecule has 0 saturated carbocycles. The standard InChI is InChI=1S/C18H18N2O5S/c21-15-10-4-1-2-5-11(10)16(22)20(15)12-8-9-26-14-7-3-6-13(18(24)25)19(14)17(12)23/h1-2,4-5,12-14H,3,6-9H2,(H,24,25). The predicted octanol–water partition coefficient (Wildman–Crippen LogP) is 1.58. The Morgan fingerprint density at radius 1 is 1.04 bits per heavy atom. The molecule has 2 fully saturated rings. The molecule has 26 heavy (non-hydrogen) atoms. The Balaban J connectivity index is 1.69. The number of fused-ring (bicyclic) bond motifs is 2. The fourth-order valence-electron chi connectivity index (χ4n) is 4.01. The summed E-state index contributed by atoms with van der Waals surface area (Å²) in [5.74, 6) is -1.82. The van der Waals surface area contributed by atoms with Crippen molar-refractivity contribution >= 4 is 35.5 Å². The summed E-state index contributed by atoms with van der Waals surface area (Å²) < 4.78 is 0. The van der Waals surface area contributed by atoms with Crippen molar-refractivity contribution < 1.29 is 24.3 Å². The molecule has 7 nitrogen and oxygen atoms in total. The zero-order valence-corrected chi connectivity index (χ0v) is 14.8. The summed E-state index contributed by atoms with van der Waals surface area (Å²) in [6.07, 6.45) is 2.21. The molecular formula is C18H18N2O5S. The van der Waals surface area contributed by atoms with Crippen molar-refractivity contribution in [3.05, 3.63) is 35.4 Å². The number of rotatable bonds is 2. The second-order valence-corrected chi connectivity index (χ2v) is 7.97. The van der Waals surface area contributed by atoms with Gasteiger partial charge in [0.25, 0.3) is 11.8 Å². The van der Waals surface area contributed by atoms with E-state index < -0.39 is 35.8 Å². The van der Waals surface area contributed by atoms with E-state index in [1.54, 1.807) is 24.3 Å². The number of aliphatic carboxylic acids is 1. The Bertz CT molecular complexity index is 776. The Hall–Kier alpha value is -2.35.